The van der Waals surface area contributed by atoms with Crippen molar-refractivity contribution < 1.29 is 9.53 Å². The van der Waals surface area contributed by atoms with Crippen molar-refractivity contribution in [3.8, 4) is 0 Å². The second-order valence-electron chi connectivity index (χ2n) is 20.0. The van der Waals surface area contributed by atoms with Gasteiger partial charge in [0.2, 0.25) is 0 Å². The first-order valence-electron chi connectivity index (χ1n) is 23.4. The van der Waals surface area contributed by atoms with Crippen LogP contribution in [0.4, 0.5) is 4.79 Å². The zero-order valence-electron chi connectivity index (χ0n) is 39.5. The molecule has 6 atom stereocenters. The third kappa shape index (κ3) is 12.3. The SMILES string of the molecule is Cc1nnc(C(C)C)n1C1CC2CCC(C1)N2CC[C@H](N)c1ccccc1.Cc1nnc(C(C)C)n1C1CC2CCC(C1)N2CC[C@H](NC(=O)OC(C)(C)C)c1ccccc1.S.S. The number of carbonyl (C=O) groups excluding carboxylic acids is 1. The summed E-state index contributed by atoms with van der Waals surface area (Å²) in [6.45, 7) is 20.8. The number of alkyl carbamates (subject to hydrolysis) is 1. The normalized spacial score (nSPS) is 24.3. The van der Waals surface area contributed by atoms with E-state index in [1.807, 2.05) is 39.0 Å². The van der Waals surface area contributed by atoms with Crippen LogP contribution < -0.4 is 11.1 Å². The largest absolute Gasteiger partial charge is 0.444 e. The van der Waals surface area contributed by atoms with Crippen molar-refractivity contribution in [3.05, 3.63) is 95.1 Å². The molecule has 0 radical (unpaired) electrons. The van der Waals surface area contributed by atoms with Crippen molar-refractivity contribution in [3.63, 3.8) is 0 Å². The Hall–Kier alpha value is -3.43. The monoisotopic (exact) mass is 903 g/mol. The number of amides is 1. The van der Waals surface area contributed by atoms with Crippen LogP contribution >= 0.6 is 27.0 Å². The number of nitrogens with zero attached hydrogens (tertiary/aromatic N) is 8. The van der Waals surface area contributed by atoms with Gasteiger partial charge in [0.05, 0.1) is 6.04 Å². The Morgan fingerprint density at radius 3 is 1.44 bits per heavy atom. The van der Waals surface area contributed by atoms with Crippen LogP contribution in [0.3, 0.4) is 0 Å². The quantitative estimate of drug-likeness (QED) is 0.135. The molecular weight excluding hydrogens is 825 g/mol. The van der Waals surface area contributed by atoms with Crippen LogP contribution in [0.2, 0.25) is 0 Å². The maximum absolute atomic E-state index is 12.6. The maximum atomic E-state index is 12.6. The summed E-state index contributed by atoms with van der Waals surface area (Å²) in [4.78, 5) is 18.0. The number of ether oxygens (including phenoxy) is 1. The third-order valence-electron chi connectivity index (χ3n) is 13.8. The van der Waals surface area contributed by atoms with Crippen molar-refractivity contribution in [2.75, 3.05) is 13.1 Å². The molecule has 4 aliphatic heterocycles. The van der Waals surface area contributed by atoms with Crippen molar-refractivity contribution in [1.29, 1.82) is 0 Å². The topological polar surface area (TPSA) is 132 Å². The molecule has 6 heterocycles. The van der Waals surface area contributed by atoms with Crippen LogP contribution in [0.1, 0.15) is 183 Å². The smallest absolute Gasteiger partial charge is 0.408 e. The van der Waals surface area contributed by atoms with E-state index in [-0.39, 0.29) is 45.2 Å². The Labute approximate surface area is 391 Å². The summed E-state index contributed by atoms with van der Waals surface area (Å²) in [5.41, 5.74) is 8.31. The fraction of sp³-hybridized carbons (Fsp3) is 0.653. The van der Waals surface area contributed by atoms with E-state index in [1.165, 1.54) is 44.1 Å². The van der Waals surface area contributed by atoms with Crippen molar-refractivity contribution in [2.45, 2.75) is 192 Å². The van der Waals surface area contributed by atoms with Gasteiger partial charge in [-0.05, 0) is 110 Å². The molecular formula is C49H78N10O2S2. The van der Waals surface area contributed by atoms with Gasteiger partial charge in [-0.1, -0.05) is 88.4 Å². The van der Waals surface area contributed by atoms with Gasteiger partial charge < -0.3 is 24.9 Å². The van der Waals surface area contributed by atoms with Crippen LogP contribution in [0.25, 0.3) is 0 Å². The number of nitrogens with two attached hydrogens (primary N) is 1. The Kier molecular flexibility index (Phi) is 17.8. The highest BCUT2D eigenvalue weighted by Crippen LogP contribution is 2.44. The molecule has 1 amide bonds. The summed E-state index contributed by atoms with van der Waals surface area (Å²) >= 11 is 0. The molecule has 8 rings (SSSR count). The number of nitrogens with one attached hydrogen (secondary N) is 1. The number of benzene rings is 2. The lowest BCUT2D eigenvalue weighted by atomic mass is 9.95. The molecule has 2 aromatic carbocycles. The summed E-state index contributed by atoms with van der Waals surface area (Å²) in [5, 5.41) is 20.8. The second-order valence-corrected chi connectivity index (χ2v) is 20.0. The Balaban J connectivity index is 0.000000236. The van der Waals surface area contributed by atoms with Crippen LogP contribution in [0, 0.1) is 13.8 Å². The van der Waals surface area contributed by atoms with E-state index in [4.69, 9.17) is 10.5 Å². The van der Waals surface area contributed by atoms with Gasteiger partial charge in [0, 0.05) is 67.2 Å². The standard InChI is InChI=1S/C27H41N5O2.C22H33N5.2H2S/c1-18(2)25-30-29-19(3)32(25)23-16-21-12-13-22(17-23)31(21)15-14-24(20-10-8-7-9-11-20)28-26(33)34-27(4,5)6;1-15(2)22-25-24-16(3)27(22)20-13-18-9-10-19(14-20)26(18)12-11-21(23)17-7-5-4-6-8-17;;/h7-11,18,21-24H,12-17H2,1-6H3,(H,28,33);4-8,15,18-21H,9-14,23H2,1-3H3;2*1H2/t21?,22?,23?,24-;18?,19?,20?,21-;;/m00../s1. The molecule has 2 aromatic heterocycles. The molecule has 4 aromatic rings. The van der Waals surface area contributed by atoms with Crippen molar-refractivity contribution >= 4 is 33.1 Å². The van der Waals surface area contributed by atoms with Gasteiger partial charge in [0.15, 0.2) is 0 Å². The van der Waals surface area contributed by atoms with Gasteiger partial charge in [0.1, 0.15) is 28.9 Å². The maximum Gasteiger partial charge on any atom is 0.408 e. The molecule has 348 valence electrons. The molecule has 4 saturated heterocycles. The fourth-order valence-electron chi connectivity index (χ4n) is 11.0. The van der Waals surface area contributed by atoms with Crippen LogP contribution in [0.5, 0.6) is 0 Å². The molecule has 0 aliphatic carbocycles. The van der Waals surface area contributed by atoms with Gasteiger partial charge in [-0.3, -0.25) is 9.80 Å². The van der Waals surface area contributed by atoms with Gasteiger partial charge in [0.25, 0.3) is 0 Å². The Morgan fingerprint density at radius 1 is 0.651 bits per heavy atom. The number of carbonyl (C=O) groups is 1. The van der Waals surface area contributed by atoms with E-state index in [9.17, 15) is 4.79 Å². The minimum atomic E-state index is -0.512. The zero-order chi connectivity index (χ0) is 43.4. The highest BCUT2D eigenvalue weighted by molar-refractivity contribution is 7.59. The predicted octanol–water partition coefficient (Wildman–Crippen LogP) is 9.73. The molecule has 4 fully saturated rings. The molecule has 0 saturated carbocycles. The molecule has 12 nitrogen and oxygen atoms in total. The van der Waals surface area contributed by atoms with E-state index >= 15 is 0 Å². The molecule has 0 spiro atoms. The number of piperidine rings is 2. The lowest BCUT2D eigenvalue weighted by Crippen LogP contribution is -2.45. The highest BCUT2D eigenvalue weighted by Gasteiger charge is 2.43. The molecule has 14 heteroatoms. The van der Waals surface area contributed by atoms with E-state index in [0.29, 0.717) is 48.1 Å². The number of rotatable bonds is 13. The minimum Gasteiger partial charge on any atom is -0.444 e. The predicted molar refractivity (Wildman–Crippen MR) is 263 cm³/mol. The first-order valence-corrected chi connectivity index (χ1v) is 23.4. The van der Waals surface area contributed by atoms with E-state index < -0.39 is 5.60 Å². The number of aryl methyl sites for hydroxylation is 2. The van der Waals surface area contributed by atoms with Crippen molar-refractivity contribution in [1.82, 2.24) is 44.6 Å². The Bertz CT molecular complexity index is 1990. The summed E-state index contributed by atoms with van der Waals surface area (Å²) in [5.74, 6) is 5.17. The molecule has 4 unspecified atom stereocenters. The van der Waals surface area contributed by atoms with E-state index in [1.54, 1.807) is 0 Å². The van der Waals surface area contributed by atoms with Gasteiger partial charge in [-0.15, -0.1) is 20.4 Å². The van der Waals surface area contributed by atoms with E-state index in [2.05, 4.69) is 129 Å². The minimum absolute atomic E-state index is 0. The zero-order valence-corrected chi connectivity index (χ0v) is 41.5. The number of hydrogen-bond acceptors (Lipinski definition) is 9. The lowest BCUT2D eigenvalue weighted by Gasteiger charge is -2.40. The highest BCUT2D eigenvalue weighted by atomic mass is 32.1. The average molecular weight is 903 g/mol. The summed E-state index contributed by atoms with van der Waals surface area (Å²) < 4.78 is 10.4. The lowest BCUT2D eigenvalue weighted by molar-refractivity contribution is 0.0488. The summed E-state index contributed by atoms with van der Waals surface area (Å²) in [6.07, 6.45) is 11.4. The van der Waals surface area contributed by atoms with Gasteiger partial charge >= 0.3 is 6.09 Å². The molecule has 4 aliphatic rings. The summed E-state index contributed by atoms with van der Waals surface area (Å²) in [7, 11) is 0. The van der Waals surface area contributed by atoms with Crippen LogP contribution in [0.15, 0.2) is 60.7 Å². The number of fused-ring (bicyclic) bond motifs is 4. The summed E-state index contributed by atoms with van der Waals surface area (Å²) in [6, 6.07) is 24.4. The average Bonchev–Trinajstić information content (AvgIpc) is 3.94. The van der Waals surface area contributed by atoms with Gasteiger partial charge in [-0.25, -0.2) is 4.79 Å². The van der Waals surface area contributed by atoms with E-state index in [0.717, 1.165) is 67.6 Å². The Morgan fingerprint density at radius 2 is 1.05 bits per heavy atom. The fourth-order valence-corrected chi connectivity index (χ4v) is 11.0. The van der Waals surface area contributed by atoms with Crippen LogP contribution in [-0.2, 0) is 4.74 Å². The van der Waals surface area contributed by atoms with Crippen molar-refractivity contribution in [2.24, 2.45) is 5.73 Å². The first-order chi connectivity index (χ1) is 29.2. The molecule has 63 heavy (non-hydrogen) atoms. The van der Waals surface area contributed by atoms with Gasteiger partial charge in [-0.2, -0.15) is 27.0 Å². The number of aromatic nitrogens is 6. The third-order valence-corrected chi connectivity index (χ3v) is 13.8. The first kappa shape index (κ1) is 50.6. The van der Waals surface area contributed by atoms with Crippen LogP contribution in [-0.4, -0.2) is 88.3 Å². The molecule has 4 bridgehead atoms. The molecule has 3 N–H and O–H groups in total. The number of hydrogen-bond donors (Lipinski definition) is 2. The second kappa shape index (κ2) is 22.2.